The molecule has 0 aliphatic carbocycles. The Labute approximate surface area is 171 Å². The lowest BCUT2D eigenvalue weighted by Gasteiger charge is -2.26. The predicted molar refractivity (Wildman–Crippen MR) is 111 cm³/mol. The molecule has 156 valence electrons. The second-order valence-corrected chi connectivity index (χ2v) is 8.78. The maximum Gasteiger partial charge on any atom is 0.335 e. The van der Waals surface area contributed by atoms with Crippen molar-refractivity contribution < 1.29 is 22.9 Å². The lowest BCUT2D eigenvalue weighted by molar-refractivity contribution is 0.0696. The number of hydrogen-bond acceptors (Lipinski definition) is 6. The second kappa shape index (κ2) is 9.19. The molecule has 2 aromatic rings. The molecule has 0 unspecified atom stereocenters. The van der Waals surface area contributed by atoms with Crippen molar-refractivity contribution in [2.75, 3.05) is 17.2 Å². The molecule has 0 bridgehead atoms. The number of fused-ring (bicyclic) bond motifs is 1. The summed E-state index contributed by atoms with van der Waals surface area (Å²) in [6.07, 6.45) is 4.33. The van der Waals surface area contributed by atoms with Gasteiger partial charge in [-0.2, -0.15) is 0 Å². The fourth-order valence-electron chi connectivity index (χ4n) is 3.16. The smallest absolute Gasteiger partial charge is 0.335 e. The van der Waals surface area contributed by atoms with Gasteiger partial charge in [-0.05, 0) is 48.7 Å². The maximum absolute atomic E-state index is 11.2. The summed E-state index contributed by atoms with van der Waals surface area (Å²) in [5.74, 6) is -1.35. The van der Waals surface area contributed by atoms with Crippen LogP contribution in [-0.2, 0) is 15.5 Å². The van der Waals surface area contributed by atoms with E-state index in [0.29, 0.717) is 19.4 Å². The molecule has 1 aliphatic rings. The van der Waals surface area contributed by atoms with Crippen LogP contribution in [0.4, 0.5) is 5.69 Å². The van der Waals surface area contributed by atoms with Crippen LogP contribution in [0, 0.1) is 0 Å². The van der Waals surface area contributed by atoms with Crippen LogP contribution >= 0.6 is 0 Å². The Balaban J connectivity index is 0.000000426. The highest BCUT2D eigenvalue weighted by Gasteiger charge is 2.39. The number of hydrogen-bond donors (Lipinski definition) is 1. The number of nitrogens with zero attached hydrogens (tertiary/aromatic N) is 2. The molecule has 0 saturated carbocycles. The molecule has 8 heteroatoms. The number of carbonyl (C=O) groups is 1. The molecule has 7 nitrogen and oxygen atoms in total. The van der Waals surface area contributed by atoms with Crippen molar-refractivity contribution in [1.29, 1.82) is 0 Å². The third-order valence-corrected chi connectivity index (χ3v) is 5.64. The number of aromatic nitrogens is 1. The molecule has 29 heavy (non-hydrogen) atoms. The van der Waals surface area contributed by atoms with Crippen LogP contribution in [0.5, 0.6) is 0 Å². The number of anilines is 1. The van der Waals surface area contributed by atoms with E-state index in [2.05, 4.69) is 11.6 Å². The molecular formula is C21H25N2O5S-. The van der Waals surface area contributed by atoms with E-state index < -0.39 is 21.5 Å². The summed E-state index contributed by atoms with van der Waals surface area (Å²) in [6.45, 7) is 8.59. The monoisotopic (exact) mass is 417 g/mol. The standard InChI is InChI=1S/C16H21NO5S.C5H5N/c1-11-16(2,3)13-10-12(15(18)19)6-7-14(13)17(11)8-4-5-9-23(20,21)22;1-2-4-6-5-3-1/h6-7,10H,1,4-5,8-9H2,2-3H3,(H,18,19)(H,20,21,22);1-5H/p-1. The van der Waals surface area contributed by atoms with Crippen molar-refractivity contribution in [2.24, 2.45) is 0 Å². The summed E-state index contributed by atoms with van der Waals surface area (Å²) >= 11 is 0. The molecule has 1 aromatic heterocycles. The number of carboxylic acid groups (broad SMARTS) is 1. The molecule has 0 spiro atoms. The van der Waals surface area contributed by atoms with E-state index in [1.807, 2.05) is 36.9 Å². The fraction of sp³-hybridized carbons (Fsp3) is 0.333. The van der Waals surface area contributed by atoms with Crippen LogP contribution in [0.1, 0.15) is 42.6 Å². The van der Waals surface area contributed by atoms with E-state index in [1.54, 1.807) is 30.6 Å². The first-order chi connectivity index (χ1) is 13.5. The van der Waals surface area contributed by atoms with Gasteiger partial charge in [0, 0.05) is 41.5 Å². The van der Waals surface area contributed by atoms with Gasteiger partial charge in [-0.25, -0.2) is 13.2 Å². The van der Waals surface area contributed by atoms with Crippen LogP contribution in [0.2, 0.25) is 0 Å². The Morgan fingerprint density at radius 3 is 2.34 bits per heavy atom. The summed E-state index contributed by atoms with van der Waals surface area (Å²) < 4.78 is 32.0. The van der Waals surface area contributed by atoms with Gasteiger partial charge in [0.2, 0.25) is 0 Å². The van der Waals surface area contributed by atoms with E-state index in [4.69, 9.17) is 5.11 Å². The van der Waals surface area contributed by atoms with Crippen molar-refractivity contribution in [3.8, 4) is 0 Å². The van der Waals surface area contributed by atoms with Gasteiger partial charge in [-0.1, -0.05) is 26.5 Å². The number of pyridine rings is 1. The number of benzene rings is 1. The van der Waals surface area contributed by atoms with Crippen LogP contribution in [0.25, 0.3) is 0 Å². The molecule has 0 atom stereocenters. The Hall–Kier alpha value is -2.71. The third-order valence-electron chi connectivity index (χ3n) is 4.85. The van der Waals surface area contributed by atoms with Crippen LogP contribution in [-0.4, -0.2) is 41.3 Å². The zero-order chi connectivity index (χ0) is 21.7. The quantitative estimate of drug-likeness (QED) is 0.566. The van der Waals surface area contributed by atoms with Gasteiger partial charge in [0.1, 0.15) is 0 Å². The molecule has 1 N–H and O–H groups in total. The fourth-order valence-corrected chi connectivity index (χ4v) is 3.72. The molecule has 1 aliphatic heterocycles. The van der Waals surface area contributed by atoms with Gasteiger partial charge < -0.3 is 14.6 Å². The highest BCUT2D eigenvalue weighted by molar-refractivity contribution is 7.85. The van der Waals surface area contributed by atoms with Crippen molar-refractivity contribution >= 4 is 21.8 Å². The largest absolute Gasteiger partial charge is 0.748 e. The first-order valence-electron chi connectivity index (χ1n) is 9.17. The van der Waals surface area contributed by atoms with Crippen LogP contribution < -0.4 is 4.90 Å². The number of rotatable bonds is 6. The van der Waals surface area contributed by atoms with Gasteiger partial charge in [0.25, 0.3) is 0 Å². The average Bonchev–Trinajstić information content (AvgIpc) is 2.86. The summed E-state index contributed by atoms with van der Waals surface area (Å²) in [6, 6.07) is 10.7. The predicted octanol–water partition coefficient (Wildman–Crippen LogP) is 3.40. The van der Waals surface area contributed by atoms with Gasteiger partial charge in [0.15, 0.2) is 0 Å². The lowest BCUT2D eigenvalue weighted by Crippen LogP contribution is -2.26. The van der Waals surface area contributed by atoms with Gasteiger partial charge in [-0.15, -0.1) is 0 Å². The van der Waals surface area contributed by atoms with E-state index in [9.17, 15) is 17.8 Å². The highest BCUT2D eigenvalue weighted by Crippen LogP contribution is 2.47. The molecule has 0 saturated heterocycles. The van der Waals surface area contributed by atoms with Gasteiger partial charge in [0.05, 0.1) is 15.7 Å². The summed E-state index contributed by atoms with van der Waals surface area (Å²) in [4.78, 5) is 16.9. The average molecular weight is 418 g/mol. The Kier molecular flexibility index (Phi) is 7.16. The van der Waals surface area contributed by atoms with Crippen molar-refractivity contribution in [3.63, 3.8) is 0 Å². The zero-order valence-electron chi connectivity index (χ0n) is 16.5. The molecule has 0 fully saturated rings. The van der Waals surface area contributed by atoms with Crippen molar-refractivity contribution in [2.45, 2.75) is 32.1 Å². The van der Waals surface area contributed by atoms with Crippen LogP contribution in [0.3, 0.4) is 0 Å². The number of allylic oxidation sites excluding steroid dienone is 1. The van der Waals surface area contributed by atoms with E-state index in [1.165, 1.54) is 0 Å². The molecular weight excluding hydrogens is 392 g/mol. The number of unbranched alkanes of at least 4 members (excludes halogenated alkanes) is 1. The zero-order valence-corrected chi connectivity index (χ0v) is 17.4. The lowest BCUT2D eigenvalue weighted by atomic mass is 9.84. The normalized spacial score (nSPS) is 14.7. The maximum atomic E-state index is 11.2. The minimum atomic E-state index is -4.19. The minimum absolute atomic E-state index is 0.226. The Morgan fingerprint density at radius 2 is 1.86 bits per heavy atom. The Bertz CT molecular complexity index is 945. The Morgan fingerprint density at radius 1 is 1.21 bits per heavy atom. The molecule has 2 heterocycles. The van der Waals surface area contributed by atoms with E-state index >= 15 is 0 Å². The minimum Gasteiger partial charge on any atom is -0.748 e. The van der Waals surface area contributed by atoms with Crippen molar-refractivity contribution in [1.82, 2.24) is 4.98 Å². The highest BCUT2D eigenvalue weighted by atomic mass is 32.2. The van der Waals surface area contributed by atoms with Crippen molar-refractivity contribution in [3.05, 3.63) is 72.2 Å². The second-order valence-electron chi connectivity index (χ2n) is 7.25. The SMILES string of the molecule is C=C1N(CCCCS(=O)(=O)[O-])c2ccc(C(=O)O)cc2C1(C)C.c1ccncc1. The number of carboxylic acids is 1. The molecule has 0 radical (unpaired) electrons. The first kappa shape index (κ1) is 22.6. The molecule has 0 amide bonds. The van der Waals surface area contributed by atoms with Crippen LogP contribution in [0.15, 0.2) is 61.1 Å². The molecule has 3 rings (SSSR count). The number of aromatic carboxylic acids is 1. The summed E-state index contributed by atoms with van der Waals surface area (Å²) in [5, 5.41) is 9.15. The third kappa shape index (κ3) is 5.88. The topological polar surface area (TPSA) is 111 Å². The summed E-state index contributed by atoms with van der Waals surface area (Å²) in [5.41, 5.74) is 2.43. The summed E-state index contributed by atoms with van der Waals surface area (Å²) in [7, 11) is -4.19. The van der Waals surface area contributed by atoms with E-state index in [-0.39, 0.29) is 11.3 Å². The van der Waals surface area contributed by atoms with Gasteiger partial charge in [-0.3, -0.25) is 4.98 Å². The van der Waals surface area contributed by atoms with Gasteiger partial charge >= 0.3 is 5.97 Å². The van der Waals surface area contributed by atoms with E-state index in [0.717, 1.165) is 16.9 Å². The first-order valence-corrected chi connectivity index (χ1v) is 10.7. The molecule has 1 aromatic carbocycles.